The third-order valence-corrected chi connectivity index (χ3v) is 4.59. The molecule has 2 aromatic carbocycles. The highest BCUT2D eigenvalue weighted by Crippen LogP contribution is 2.45. The second kappa shape index (κ2) is 7.00. The van der Waals surface area contributed by atoms with Gasteiger partial charge in [-0.1, -0.05) is 42.5 Å². The maximum absolute atomic E-state index is 9.84. The van der Waals surface area contributed by atoms with Crippen molar-refractivity contribution in [1.82, 2.24) is 0 Å². The van der Waals surface area contributed by atoms with Gasteiger partial charge >= 0.3 is 0 Å². The van der Waals surface area contributed by atoms with Gasteiger partial charge in [0, 0.05) is 31.9 Å². The van der Waals surface area contributed by atoms with Crippen LogP contribution in [0.25, 0.3) is 5.76 Å². The first-order valence-electron chi connectivity index (χ1n) is 8.18. The van der Waals surface area contributed by atoms with Crippen LogP contribution in [-0.4, -0.2) is 20.0 Å². The molecule has 0 aromatic heterocycles. The Morgan fingerprint density at radius 2 is 1.76 bits per heavy atom. The minimum atomic E-state index is -0.796. The van der Waals surface area contributed by atoms with Crippen LogP contribution in [-0.2, 0) is 9.47 Å². The highest BCUT2D eigenvalue weighted by Gasteiger charge is 2.40. The van der Waals surface area contributed by atoms with Gasteiger partial charge in [-0.05, 0) is 17.7 Å². The van der Waals surface area contributed by atoms with E-state index in [1.54, 1.807) is 14.2 Å². The van der Waals surface area contributed by atoms with Crippen molar-refractivity contribution in [3.8, 4) is 11.8 Å². The SMILES string of the molecule is COc1ccc([C@H]2C[C@@](C)(OC)OC(c3ccccc3)=C2C#N)cc1. The Bertz CT molecular complexity index is 805. The number of benzene rings is 2. The molecule has 0 N–H and O–H groups in total. The Hall–Kier alpha value is -2.77. The lowest BCUT2D eigenvalue weighted by Crippen LogP contribution is -2.37. The lowest BCUT2D eigenvalue weighted by atomic mass is 9.82. The number of methoxy groups -OCH3 is 2. The summed E-state index contributed by atoms with van der Waals surface area (Å²) in [7, 11) is 3.27. The van der Waals surface area contributed by atoms with Crippen molar-refractivity contribution < 1.29 is 14.2 Å². The maximum atomic E-state index is 9.84. The fraction of sp³-hybridized carbons (Fsp3) is 0.286. The molecule has 1 heterocycles. The van der Waals surface area contributed by atoms with E-state index in [4.69, 9.17) is 14.2 Å². The molecular weight excluding hydrogens is 314 g/mol. The van der Waals surface area contributed by atoms with E-state index in [1.165, 1.54) is 0 Å². The van der Waals surface area contributed by atoms with Crippen LogP contribution < -0.4 is 4.74 Å². The molecule has 0 bridgehead atoms. The smallest absolute Gasteiger partial charge is 0.208 e. The van der Waals surface area contributed by atoms with Gasteiger partial charge in [0.1, 0.15) is 11.5 Å². The number of hydrogen-bond acceptors (Lipinski definition) is 4. The van der Waals surface area contributed by atoms with Gasteiger partial charge in [0.15, 0.2) is 0 Å². The maximum Gasteiger partial charge on any atom is 0.208 e. The number of nitrogens with zero attached hydrogens (tertiary/aromatic N) is 1. The molecule has 0 radical (unpaired) electrons. The fourth-order valence-corrected chi connectivity index (χ4v) is 3.12. The molecule has 4 heteroatoms. The van der Waals surface area contributed by atoms with Crippen LogP contribution in [0.15, 0.2) is 60.2 Å². The van der Waals surface area contributed by atoms with Crippen LogP contribution in [0.1, 0.15) is 30.4 Å². The second-order valence-corrected chi connectivity index (χ2v) is 6.19. The molecular formula is C21H21NO3. The zero-order valence-electron chi connectivity index (χ0n) is 14.7. The van der Waals surface area contributed by atoms with Gasteiger partial charge in [0.25, 0.3) is 0 Å². The minimum Gasteiger partial charge on any atom is -0.497 e. The van der Waals surface area contributed by atoms with E-state index in [0.717, 1.165) is 16.9 Å². The average molecular weight is 335 g/mol. The molecule has 0 unspecified atom stereocenters. The van der Waals surface area contributed by atoms with Crippen molar-refractivity contribution in [3.05, 3.63) is 71.3 Å². The Morgan fingerprint density at radius 3 is 2.32 bits per heavy atom. The van der Waals surface area contributed by atoms with Gasteiger partial charge in [-0.2, -0.15) is 5.26 Å². The first kappa shape index (κ1) is 17.1. The van der Waals surface area contributed by atoms with Crippen molar-refractivity contribution in [2.24, 2.45) is 0 Å². The van der Waals surface area contributed by atoms with Gasteiger partial charge in [-0.25, -0.2) is 0 Å². The first-order chi connectivity index (χ1) is 12.1. The number of rotatable bonds is 4. The zero-order chi connectivity index (χ0) is 17.9. The van der Waals surface area contributed by atoms with E-state index in [-0.39, 0.29) is 5.92 Å². The molecule has 0 aliphatic carbocycles. The molecule has 3 rings (SSSR count). The predicted octanol–water partition coefficient (Wildman–Crippen LogP) is 4.50. The number of allylic oxidation sites excluding steroid dienone is 1. The van der Waals surface area contributed by atoms with Crippen LogP contribution in [0.4, 0.5) is 0 Å². The van der Waals surface area contributed by atoms with Gasteiger partial charge < -0.3 is 14.2 Å². The second-order valence-electron chi connectivity index (χ2n) is 6.19. The summed E-state index contributed by atoms with van der Waals surface area (Å²) in [6.07, 6.45) is 0.565. The van der Waals surface area contributed by atoms with Gasteiger partial charge in [0.05, 0.1) is 18.8 Å². The van der Waals surface area contributed by atoms with E-state index in [9.17, 15) is 5.26 Å². The summed E-state index contributed by atoms with van der Waals surface area (Å²) in [5.41, 5.74) is 2.53. The summed E-state index contributed by atoms with van der Waals surface area (Å²) >= 11 is 0. The van der Waals surface area contributed by atoms with E-state index in [2.05, 4.69) is 6.07 Å². The molecule has 0 saturated carbocycles. The summed E-state index contributed by atoms with van der Waals surface area (Å²) in [6.45, 7) is 1.90. The summed E-state index contributed by atoms with van der Waals surface area (Å²) < 4.78 is 17.0. The minimum absolute atomic E-state index is 0.107. The van der Waals surface area contributed by atoms with Crippen LogP contribution >= 0.6 is 0 Å². The van der Waals surface area contributed by atoms with E-state index >= 15 is 0 Å². The standard InChI is InChI=1S/C21H21NO3/c1-21(24-3)13-18(15-9-11-17(23-2)12-10-15)19(14-22)20(25-21)16-7-5-4-6-8-16/h4-12,18H,13H2,1-3H3/t18-,21+/m1/s1. The van der Waals surface area contributed by atoms with E-state index in [0.29, 0.717) is 17.8 Å². The average Bonchev–Trinajstić information content (AvgIpc) is 2.68. The number of ether oxygens (including phenoxy) is 3. The number of nitriles is 1. The Labute approximate surface area is 148 Å². The summed E-state index contributed by atoms with van der Waals surface area (Å²) in [5, 5.41) is 9.84. The lowest BCUT2D eigenvalue weighted by molar-refractivity contribution is -0.179. The third kappa shape index (κ3) is 3.38. The van der Waals surface area contributed by atoms with Gasteiger partial charge in [-0.15, -0.1) is 0 Å². The molecule has 1 aliphatic rings. The van der Waals surface area contributed by atoms with Crippen molar-refractivity contribution in [2.75, 3.05) is 14.2 Å². The van der Waals surface area contributed by atoms with Crippen LogP contribution in [0.3, 0.4) is 0 Å². The molecule has 0 saturated heterocycles. The lowest BCUT2D eigenvalue weighted by Gasteiger charge is -2.38. The Kier molecular flexibility index (Phi) is 4.78. The number of hydrogen-bond donors (Lipinski definition) is 0. The molecule has 128 valence electrons. The van der Waals surface area contributed by atoms with Gasteiger partial charge in [0.2, 0.25) is 5.79 Å². The van der Waals surface area contributed by atoms with E-state index < -0.39 is 5.79 Å². The third-order valence-electron chi connectivity index (χ3n) is 4.59. The van der Waals surface area contributed by atoms with Crippen LogP contribution in [0.5, 0.6) is 5.75 Å². The highest BCUT2D eigenvalue weighted by atomic mass is 16.7. The predicted molar refractivity (Wildman–Crippen MR) is 95.8 cm³/mol. The summed E-state index contributed by atoms with van der Waals surface area (Å²) in [5.74, 6) is 0.469. The van der Waals surface area contributed by atoms with Crippen molar-refractivity contribution in [1.29, 1.82) is 5.26 Å². The normalized spacial score (nSPS) is 22.9. The van der Waals surface area contributed by atoms with Gasteiger partial charge in [-0.3, -0.25) is 0 Å². The monoisotopic (exact) mass is 335 g/mol. The van der Waals surface area contributed by atoms with Crippen molar-refractivity contribution >= 4 is 5.76 Å². The van der Waals surface area contributed by atoms with Crippen molar-refractivity contribution in [2.45, 2.75) is 25.0 Å². The Balaban J connectivity index is 2.12. The quantitative estimate of drug-likeness (QED) is 0.825. The van der Waals surface area contributed by atoms with E-state index in [1.807, 2.05) is 61.5 Å². The summed E-state index contributed by atoms with van der Waals surface area (Å²) in [6, 6.07) is 19.9. The zero-order valence-corrected chi connectivity index (χ0v) is 14.7. The Morgan fingerprint density at radius 1 is 1.08 bits per heavy atom. The first-order valence-corrected chi connectivity index (χ1v) is 8.18. The van der Waals surface area contributed by atoms with Crippen molar-refractivity contribution in [3.63, 3.8) is 0 Å². The molecule has 2 atom stereocenters. The van der Waals surface area contributed by atoms with Crippen LogP contribution in [0, 0.1) is 11.3 Å². The molecule has 0 spiro atoms. The molecule has 2 aromatic rings. The van der Waals surface area contributed by atoms with Crippen LogP contribution in [0.2, 0.25) is 0 Å². The highest BCUT2D eigenvalue weighted by molar-refractivity contribution is 5.70. The summed E-state index contributed by atoms with van der Waals surface area (Å²) in [4.78, 5) is 0. The topological polar surface area (TPSA) is 51.5 Å². The fourth-order valence-electron chi connectivity index (χ4n) is 3.12. The largest absolute Gasteiger partial charge is 0.497 e. The molecule has 1 aliphatic heterocycles. The molecule has 25 heavy (non-hydrogen) atoms. The molecule has 0 amide bonds. The molecule has 0 fully saturated rings. The molecule has 4 nitrogen and oxygen atoms in total.